The van der Waals surface area contributed by atoms with Crippen molar-refractivity contribution in [3.8, 4) is 12.3 Å². The second-order valence-corrected chi connectivity index (χ2v) is 13.6. The van der Waals surface area contributed by atoms with Gasteiger partial charge in [-0.3, -0.25) is 0 Å². The van der Waals surface area contributed by atoms with Crippen molar-refractivity contribution < 1.29 is 4.43 Å². The molecular formula is C19H36OSi. The SMILES string of the molecule is C#CC[C@@]1(C)CCCC[C@@H]1O[Si](C(C)C)(C(C)C)C(C)C. The lowest BCUT2D eigenvalue weighted by Gasteiger charge is -2.50. The third-order valence-corrected chi connectivity index (χ3v) is 11.9. The highest BCUT2D eigenvalue weighted by molar-refractivity contribution is 6.77. The van der Waals surface area contributed by atoms with Crippen LogP contribution >= 0.6 is 0 Å². The van der Waals surface area contributed by atoms with Crippen LogP contribution in [0.4, 0.5) is 0 Å². The molecule has 2 atom stereocenters. The molecule has 2 heteroatoms. The molecule has 0 aromatic rings. The molecule has 0 aromatic carbocycles. The Hall–Kier alpha value is -0.263. The second-order valence-electron chi connectivity index (χ2n) is 8.20. The summed E-state index contributed by atoms with van der Waals surface area (Å²) < 4.78 is 7.07. The Morgan fingerprint density at radius 2 is 1.62 bits per heavy atom. The summed E-state index contributed by atoms with van der Waals surface area (Å²) in [6.07, 6.45) is 11.9. The van der Waals surface area contributed by atoms with Crippen molar-refractivity contribution in [3.05, 3.63) is 0 Å². The maximum absolute atomic E-state index is 7.07. The fourth-order valence-electron chi connectivity index (χ4n) is 4.66. The van der Waals surface area contributed by atoms with E-state index in [0.29, 0.717) is 22.7 Å². The van der Waals surface area contributed by atoms with Gasteiger partial charge in [-0.1, -0.05) is 61.3 Å². The summed E-state index contributed by atoms with van der Waals surface area (Å²) in [6.45, 7) is 16.6. The zero-order valence-corrected chi connectivity index (χ0v) is 16.3. The summed E-state index contributed by atoms with van der Waals surface area (Å²) in [6, 6.07) is 0. The number of rotatable bonds is 6. The molecule has 0 amide bonds. The third kappa shape index (κ3) is 3.74. The Labute approximate surface area is 134 Å². The zero-order valence-electron chi connectivity index (χ0n) is 15.3. The van der Waals surface area contributed by atoms with Crippen LogP contribution in [0.25, 0.3) is 0 Å². The summed E-state index contributed by atoms with van der Waals surface area (Å²) in [5.74, 6) is 2.92. The van der Waals surface area contributed by atoms with Crippen molar-refractivity contribution >= 4 is 8.32 Å². The maximum atomic E-state index is 7.07. The Bertz CT molecular complexity index is 344. The molecule has 1 aliphatic carbocycles. The Kier molecular flexibility index (Phi) is 6.56. The molecule has 122 valence electrons. The number of hydrogen-bond acceptors (Lipinski definition) is 1. The molecule has 1 rings (SSSR count). The van der Waals surface area contributed by atoms with Crippen LogP contribution in [-0.4, -0.2) is 14.4 Å². The predicted octanol–water partition coefficient (Wildman–Crippen LogP) is 6.15. The summed E-state index contributed by atoms with van der Waals surface area (Å²) in [5, 5.41) is 0. The van der Waals surface area contributed by atoms with Gasteiger partial charge >= 0.3 is 0 Å². The lowest BCUT2D eigenvalue weighted by molar-refractivity contribution is 0.0107. The van der Waals surface area contributed by atoms with E-state index in [-0.39, 0.29) is 5.41 Å². The van der Waals surface area contributed by atoms with Gasteiger partial charge in [0.15, 0.2) is 0 Å². The first-order valence-corrected chi connectivity index (χ1v) is 11.0. The highest BCUT2D eigenvalue weighted by Gasteiger charge is 2.49. The van der Waals surface area contributed by atoms with Gasteiger partial charge in [-0.05, 0) is 29.5 Å². The first kappa shape index (κ1) is 18.8. The normalized spacial score (nSPS) is 27.4. The smallest absolute Gasteiger partial charge is 0.200 e. The molecule has 0 spiro atoms. The monoisotopic (exact) mass is 308 g/mol. The quantitative estimate of drug-likeness (QED) is 0.422. The third-order valence-electron chi connectivity index (χ3n) is 5.80. The largest absolute Gasteiger partial charge is 0.413 e. The van der Waals surface area contributed by atoms with Crippen LogP contribution in [0.2, 0.25) is 16.6 Å². The summed E-state index contributed by atoms with van der Waals surface area (Å²) in [5.41, 5.74) is 2.13. The van der Waals surface area contributed by atoms with Crippen LogP contribution in [0.3, 0.4) is 0 Å². The predicted molar refractivity (Wildman–Crippen MR) is 95.9 cm³/mol. The molecule has 0 bridgehead atoms. The molecule has 0 unspecified atom stereocenters. The average molecular weight is 309 g/mol. The Balaban J connectivity index is 3.09. The van der Waals surface area contributed by atoms with Gasteiger partial charge in [0, 0.05) is 11.8 Å². The van der Waals surface area contributed by atoms with Crippen LogP contribution < -0.4 is 0 Å². The standard InChI is InChI=1S/C19H36OSi/c1-9-13-19(8)14-11-10-12-18(19)20-21(15(2)3,16(4)5)17(6)7/h1,15-18H,10-14H2,2-8H3/t18-,19-/m0/s1. The van der Waals surface area contributed by atoms with Gasteiger partial charge in [0.25, 0.3) is 0 Å². The van der Waals surface area contributed by atoms with Crippen molar-refractivity contribution in [1.29, 1.82) is 0 Å². The average Bonchev–Trinajstić information content (AvgIpc) is 2.36. The van der Waals surface area contributed by atoms with Crippen LogP contribution in [0.1, 0.15) is 80.6 Å². The lowest BCUT2D eigenvalue weighted by Crippen LogP contribution is -2.54. The summed E-state index contributed by atoms with van der Waals surface area (Å²) in [7, 11) is -1.80. The highest BCUT2D eigenvalue weighted by atomic mass is 28.4. The van der Waals surface area contributed by atoms with E-state index in [9.17, 15) is 0 Å². The fraction of sp³-hybridized carbons (Fsp3) is 0.895. The van der Waals surface area contributed by atoms with Crippen molar-refractivity contribution in [2.45, 2.75) is 103 Å². The molecule has 0 aliphatic heterocycles. The van der Waals surface area contributed by atoms with Crippen LogP contribution in [-0.2, 0) is 4.43 Å². The van der Waals surface area contributed by atoms with Crippen molar-refractivity contribution in [1.82, 2.24) is 0 Å². The molecule has 1 nitrogen and oxygen atoms in total. The first-order valence-electron chi connectivity index (χ1n) is 8.82. The van der Waals surface area contributed by atoms with Crippen molar-refractivity contribution in [3.63, 3.8) is 0 Å². The van der Waals surface area contributed by atoms with Gasteiger partial charge in [-0.15, -0.1) is 12.3 Å². The highest BCUT2D eigenvalue weighted by Crippen LogP contribution is 2.48. The van der Waals surface area contributed by atoms with E-state index in [4.69, 9.17) is 10.8 Å². The Morgan fingerprint density at radius 3 is 2.05 bits per heavy atom. The van der Waals surface area contributed by atoms with E-state index in [2.05, 4.69) is 54.4 Å². The van der Waals surface area contributed by atoms with Gasteiger partial charge in [0.1, 0.15) is 0 Å². The van der Waals surface area contributed by atoms with Gasteiger partial charge in [-0.25, -0.2) is 0 Å². The van der Waals surface area contributed by atoms with Crippen molar-refractivity contribution in [2.75, 3.05) is 0 Å². The molecule has 21 heavy (non-hydrogen) atoms. The molecule has 0 N–H and O–H groups in total. The maximum Gasteiger partial charge on any atom is 0.200 e. The van der Waals surface area contributed by atoms with Crippen LogP contribution in [0, 0.1) is 17.8 Å². The second kappa shape index (κ2) is 7.33. The van der Waals surface area contributed by atoms with E-state index in [0.717, 1.165) is 6.42 Å². The lowest BCUT2D eigenvalue weighted by atomic mass is 9.71. The molecule has 1 aliphatic rings. The minimum atomic E-state index is -1.80. The van der Waals surface area contributed by atoms with E-state index < -0.39 is 8.32 Å². The summed E-state index contributed by atoms with van der Waals surface area (Å²) in [4.78, 5) is 0. The first-order chi connectivity index (χ1) is 9.70. The van der Waals surface area contributed by atoms with Gasteiger partial charge < -0.3 is 4.43 Å². The van der Waals surface area contributed by atoms with E-state index in [1.807, 2.05) is 0 Å². The number of terminal acetylenes is 1. The van der Waals surface area contributed by atoms with Gasteiger partial charge in [-0.2, -0.15) is 0 Å². The molecule has 0 aromatic heterocycles. The number of hydrogen-bond donors (Lipinski definition) is 0. The van der Waals surface area contributed by atoms with Crippen LogP contribution in [0.15, 0.2) is 0 Å². The van der Waals surface area contributed by atoms with Crippen molar-refractivity contribution in [2.24, 2.45) is 5.41 Å². The van der Waals surface area contributed by atoms with Gasteiger partial charge in [0.05, 0.1) is 6.10 Å². The molecule has 1 fully saturated rings. The molecular weight excluding hydrogens is 272 g/mol. The van der Waals surface area contributed by atoms with Gasteiger partial charge in [0.2, 0.25) is 8.32 Å². The van der Waals surface area contributed by atoms with E-state index in [1.165, 1.54) is 25.7 Å². The molecule has 1 saturated carbocycles. The van der Waals surface area contributed by atoms with Crippen LogP contribution in [0.5, 0.6) is 0 Å². The Morgan fingerprint density at radius 1 is 1.10 bits per heavy atom. The minimum absolute atomic E-state index is 0.184. The van der Waals surface area contributed by atoms with E-state index >= 15 is 0 Å². The molecule has 0 heterocycles. The molecule has 0 saturated heterocycles. The topological polar surface area (TPSA) is 9.23 Å². The minimum Gasteiger partial charge on any atom is -0.413 e. The molecule has 0 radical (unpaired) electrons. The summed E-state index contributed by atoms with van der Waals surface area (Å²) >= 11 is 0. The van der Waals surface area contributed by atoms with E-state index in [1.54, 1.807) is 0 Å². The zero-order chi connectivity index (χ0) is 16.3. The fourth-order valence-corrected chi connectivity index (χ4v) is 10.4.